The Labute approximate surface area is 116 Å². The van der Waals surface area contributed by atoms with E-state index in [1.807, 2.05) is 12.1 Å². The summed E-state index contributed by atoms with van der Waals surface area (Å²) < 4.78 is 10.9. The maximum atomic E-state index is 5.52. The van der Waals surface area contributed by atoms with Crippen molar-refractivity contribution in [2.24, 2.45) is 11.3 Å². The average molecular weight is 263 g/mol. The van der Waals surface area contributed by atoms with E-state index in [0.717, 1.165) is 18.0 Å². The van der Waals surface area contributed by atoms with Gasteiger partial charge in [0.05, 0.1) is 14.2 Å². The molecule has 0 saturated heterocycles. The molecule has 2 unspecified atom stereocenters. The van der Waals surface area contributed by atoms with E-state index in [1.165, 1.54) is 12.0 Å². The Balaban J connectivity index is 2.34. The predicted molar refractivity (Wildman–Crippen MR) is 77.9 cm³/mol. The molecule has 0 amide bonds. The molecule has 3 heteroatoms. The van der Waals surface area contributed by atoms with E-state index in [2.05, 4.69) is 32.2 Å². The molecule has 2 rings (SSSR count). The van der Waals surface area contributed by atoms with Crippen LogP contribution in [0.3, 0.4) is 0 Å². The lowest BCUT2D eigenvalue weighted by Crippen LogP contribution is -2.25. The predicted octanol–water partition coefficient (Wildman–Crippen LogP) is 3.40. The summed E-state index contributed by atoms with van der Waals surface area (Å²) in [5, 5.41) is 3.61. The summed E-state index contributed by atoms with van der Waals surface area (Å²) in [5.74, 6) is 2.49. The van der Waals surface area contributed by atoms with Crippen molar-refractivity contribution in [3.05, 3.63) is 23.8 Å². The number of benzene rings is 1. The highest BCUT2D eigenvalue weighted by molar-refractivity contribution is 5.43. The van der Waals surface area contributed by atoms with Crippen LogP contribution in [0.15, 0.2) is 18.2 Å². The van der Waals surface area contributed by atoms with Crippen molar-refractivity contribution in [3.63, 3.8) is 0 Å². The minimum Gasteiger partial charge on any atom is -0.497 e. The van der Waals surface area contributed by atoms with E-state index in [0.29, 0.717) is 17.4 Å². The first-order valence-electron chi connectivity index (χ1n) is 6.98. The molecule has 1 fully saturated rings. The van der Waals surface area contributed by atoms with Crippen LogP contribution >= 0.6 is 0 Å². The van der Waals surface area contributed by atoms with Crippen LogP contribution in [-0.4, -0.2) is 20.8 Å². The minimum atomic E-state index is 0.338. The summed E-state index contributed by atoms with van der Waals surface area (Å²) >= 11 is 0. The lowest BCUT2D eigenvalue weighted by molar-refractivity contribution is 0.371. The van der Waals surface area contributed by atoms with Crippen LogP contribution in [0.2, 0.25) is 0 Å². The summed E-state index contributed by atoms with van der Waals surface area (Å²) in [7, 11) is 3.43. The third kappa shape index (κ3) is 2.86. The van der Waals surface area contributed by atoms with Gasteiger partial charge in [-0.2, -0.15) is 0 Å². The first-order valence-corrected chi connectivity index (χ1v) is 6.98. The van der Waals surface area contributed by atoms with Crippen molar-refractivity contribution >= 4 is 0 Å². The maximum absolute atomic E-state index is 5.52. The van der Waals surface area contributed by atoms with Gasteiger partial charge in [-0.25, -0.2) is 0 Å². The first kappa shape index (κ1) is 14.2. The van der Waals surface area contributed by atoms with Gasteiger partial charge in [-0.15, -0.1) is 0 Å². The normalized spacial score (nSPS) is 21.8. The minimum absolute atomic E-state index is 0.338. The van der Waals surface area contributed by atoms with Crippen LogP contribution in [0.25, 0.3) is 0 Å². The van der Waals surface area contributed by atoms with E-state index in [-0.39, 0.29) is 0 Å². The maximum Gasteiger partial charge on any atom is 0.123 e. The fourth-order valence-electron chi connectivity index (χ4n) is 2.85. The SMILES string of the molecule is CCNC(c1cc(OC)ccc1OC)C1CC1(C)C. The van der Waals surface area contributed by atoms with E-state index in [4.69, 9.17) is 9.47 Å². The van der Waals surface area contributed by atoms with Crippen molar-refractivity contribution in [3.8, 4) is 11.5 Å². The van der Waals surface area contributed by atoms with Crippen LogP contribution in [0.4, 0.5) is 0 Å². The van der Waals surface area contributed by atoms with Crippen LogP contribution in [-0.2, 0) is 0 Å². The number of hydrogen-bond donors (Lipinski definition) is 1. The number of methoxy groups -OCH3 is 2. The van der Waals surface area contributed by atoms with Gasteiger partial charge in [0.25, 0.3) is 0 Å². The summed E-state index contributed by atoms with van der Waals surface area (Å²) in [6.45, 7) is 7.76. The Kier molecular flexibility index (Phi) is 4.04. The summed E-state index contributed by atoms with van der Waals surface area (Å²) in [5.41, 5.74) is 1.63. The smallest absolute Gasteiger partial charge is 0.123 e. The van der Waals surface area contributed by atoms with Gasteiger partial charge >= 0.3 is 0 Å². The molecule has 2 atom stereocenters. The molecular weight excluding hydrogens is 238 g/mol. The standard InChI is InChI=1S/C16H25NO2/c1-6-17-15(13-10-16(13,2)3)12-9-11(18-4)7-8-14(12)19-5/h7-9,13,15,17H,6,10H2,1-5H3. The number of ether oxygens (including phenoxy) is 2. The van der Waals surface area contributed by atoms with Crippen LogP contribution in [0.1, 0.15) is 38.8 Å². The van der Waals surface area contributed by atoms with Gasteiger partial charge in [0.1, 0.15) is 11.5 Å². The Bertz CT molecular complexity index is 442. The highest BCUT2D eigenvalue weighted by atomic mass is 16.5. The topological polar surface area (TPSA) is 30.5 Å². The summed E-state index contributed by atoms with van der Waals surface area (Å²) in [4.78, 5) is 0. The van der Waals surface area contributed by atoms with Gasteiger partial charge in [-0.05, 0) is 42.5 Å². The molecule has 3 nitrogen and oxygen atoms in total. The van der Waals surface area contributed by atoms with Gasteiger partial charge in [-0.1, -0.05) is 20.8 Å². The molecule has 0 heterocycles. The molecule has 1 aliphatic rings. The molecule has 1 aliphatic carbocycles. The van der Waals surface area contributed by atoms with Crippen molar-refractivity contribution < 1.29 is 9.47 Å². The zero-order valence-electron chi connectivity index (χ0n) is 12.6. The zero-order valence-corrected chi connectivity index (χ0v) is 12.6. The van der Waals surface area contributed by atoms with Crippen molar-refractivity contribution in [2.75, 3.05) is 20.8 Å². The summed E-state index contributed by atoms with van der Waals surface area (Å²) in [6, 6.07) is 6.38. The molecule has 1 aromatic carbocycles. The van der Waals surface area contributed by atoms with Gasteiger partial charge < -0.3 is 14.8 Å². The molecule has 1 aromatic rings. The number of hydrogen-bond acceptors (Lipinski definition) is 3. The lowest BCUT2D eigenvalue weighted by Gasteiger charge is -2.23. The Morgan fingerprint density at radius 2 is 2.00 bits per heavy atom. The molecule has 1 N–H and O–H groups in total. The van der Waals surface area contributed by atoms with E-state index >= 15 is 0 Å². The highest BCUT2D eigenvalue weighted by Crippen LogP contribution is 2.58. The second-order valence-corrected chi connectivity index (χ2v) is 5.94. The second-order valence-electron chi connectivity index (χ2n) is 5.94. The molecular formula is C16H25NO2. The fourth-order valence-corrected chi connectivity index (χ4v) is 2.85. The first-order chi connectivity index (χ1) is 9.03. The fraction of sp³-hybridized carbons (Fsp3) is 0.625. The van der Waals surface area contributed by atoms with Crippen LogP contribution in [0.5, 0.6) is 11.5 Å². The van der Waals surface area contributed by atoms with E-state index < -0.39 is 0 Å². The van der Waals surface area contributed by atoms with Gasteiger partial charge in [0.2, 0.25) is 0 Å². The lowest BCUT2D eigenvalue weighted by atomic mass is 9.96. The third-order valence-electron chi connectivity index (χ3n) is 4.19. The number of rotatable bonds is 6. The molecule has 0 aliphatic heterocycles. The van der Waals surface area contributed by atoms with Crippen molar-refractivity contribution in [1.82, 2.24) is 5.32 Å². The molecule has 0 bridgehead atoms. The van der Waals surface area contributed by atoms with Crippen LogP contribution < -0.4 is 14.8 Å². The van der Waals surface area contributed by atoms with Gasteiger partial charge in [-0.3, -0.25) is 0 Å². The van der Waals surface area contributed by atoms with Gasteiger partial charge in [0.15, 0.2) is 0 Å². The third-order valence-corrected chi connectivity index (χ3v) is 4.19. The average Bonchev–Trinajstić information content (AvgIpc) is 3.03. The largest absolute Gasteiger partial charge is 0.497 e. The molecule has 1 saturated carbocycles. The molecule has 19 heavy (non-hydrogen) atoms. The molecule has 106 valence electrons. The Hall–Kier alpha value is -1.22. The van der Waals surface area contributed by atoms with Crippen LogP contribution in [0, 0.1) is 11.3 Å². The highest BCUT2D eigenvalue weighted by Gasteiger charge is 2.50. The molecule has 0 aromatic heterocycles. The monoisotopic (exact) mass is 263 g/mol. The quantitative estimate of drug-likeness (QED) is 0.853. The summed E-state index contributed by atoms with van der Waals surface area (Å²) in [6.07, 6.45) is 1.25. The van der Waals surface area contributed by atoms with Crippen molar-refractivity contribution in [2.45, 2.75) is 33.2 Å². The second kappa shape index (κ2) is 5.41. The Morgan fingerprint density at radius 3 is 2.47 bits per heavy atom. The number of nitrogens with one attached hydrogen (secondary N) is 1. The Morgan fingerprint density at radius 1 is 1.32 bits per heavy atom. The van der Waals surface area contributed by atoms with E-state index in [9.17, 15) is 0 Å². The molecule has 0 spiro atoms. The zero-order chi connectivity index (χ0) is 14.0. The van der Waals surface area contributed by atoms with Gasteiger partial charge in [0, 0.05) is 11.6 Å². The van der Waals surface area contributed by atoms with Crippen molar-refractivity contribution in [1.29, 1.82) is 0 Å². The van der Waals surface area contributed by atoms with E-state index in [1.54, 1.807) is 14.2 Å². The molecule has 0 radical (unpaired) electrons.